The molecule has 3 N–H and O–H groups in total. The summed E-state index contributed by atoms with van der Waals surface area (Å²) in [5.74, 6) is 0.274. The van der Waals surface area contributed by atoms with Crippen LogP contribution in [0.25, 0.3) is 0 Å². The lowest BCUT2D eigenvalue weighted by Gasteiger charge is -2.13. The average molecular weight is 234 g/mol. The maximum absolute atomic E-state index is 13.1. The summed E-state index contributed by atoms with van der Waals surface area (Å²) in [6.07, 6.45) is 4.00. The molecule has 1 aliphatic heterocycles. The largest absolute Gasteiger partial charge is 0.357 e. The fourth-order valence-electron chi connectivity index (χ4n) is 2.71. The highest BCUT2D eigenvalue weighted by atomic mass is 19.1. The van der Waals surface area contributed by atoms with Crippen molar-refractivity contribution < 1.29 is 9.50 Å². The third kappa shape index (κ3) is 2.00. The molecule has 2 aliphatic rings. The number of hydrogen-bond donors (Lipinski definition) is 3. The van der Waals surface area contributed by atoms with Crippen LogP contribution in [0.1, 0.15) is 29.9 Å². The van der Waals surface area contributed by atoms with Gasteiger partial charge in [0.1, 0.15) is 5.82 Å². The van der Waals surface area contributed by atoms with E-state index in [0.29, 0.717) is 5.92 Å². The number of fused-ring (bicyclic) bond motifs is 1. The third-order valence-corrected chi connectivity index (χ3v) is 3.51. The predicted octanol–water partition coefficient (Wildman–Crippen LogP) is 1.56. The Kier molecular flexibility index (Phi) is 2.52. The van der Waals surface area contributed by atoms with Crippen LogP contribution in [-0.2, 0) is 6.42 Å². The normalized spacial score (nSPS) is 26.1. The number of benzene rings is 1. The monoisotopic (exact) mass is 234 g/mol. The van der Waals surface area contributed by atoms with Crippen molar-refractivity contribution in [3.05, 3.63) is 47.0 Å². The molecule has 1 heterocycles. The molecule has 3 nitrogen and oxygen atoms in total. The topological polar surface area (TPSA) is 44.3 Å². The van der Waals surface area contributed by atoms with Crippen LogP contribution >= 0.6 is 0 Å². The van der Waals surface area contributed by atoms with E-state index >= 15 is 0 Å². The molecular weight excluding hydrogens is 219 g/mol. The van der Waals surface area contributed by atoms with E-state index in [9.17, 15) is 9.50 Å². The molecule has 0 fully saturated rings. The molecule has 90 valence electrons. The van der Waals surface area contributed by atoms with Gasteiger partial charge in [0, 0.05) is 11.9 Å². The summed E-state index contributed by atoms with van der Waals surface area (Å²) >= 11 is 0. The van der Waals surface area contributed by atoms with Crippen molar-refractivity contribution in [1.82, 2.24) is 10.6 Å². The molecular formula is C13H15FN2O. The van der Waals surface area contributed by atoms with Gasteiger partial charge in [0.15, 0.2) is 0 Å². The number of hydrogen-bond acceptors (Lipinski definition) is 3. The van der Waals surface area contributed by atoms with Crippen molar-refractivity contribution in [2.24, 2.45) is 0 Å². The molecule has 0 saturated carbocycles. The maximum atomic E-state index is 13.1. The summed E-state index contributed by atoms with van der Waals surface area (Å²) in [6, 6.07) is 5.06. The lowest BCUT2D eigenvalue weighted by molar-refractivity contribution is 0.140. The molecule has 0 aromatic heterocycles. The smallest absolute Gasteiger partial charge is 0.202 e. The Balaban J connectivity index is 1.76. The van der Waals surface area contributed by atoms with Gasteiger partial charge in [-0.2, -0.15) is 0 Å². The molecule has 1 unspecified atom stereocenters. The van der Waals surface area contributed by atoms with Crippen LogP contribution in [0.4, 0.5) is 4.39 Å². The number of allylic oxidation sites excluding steroid dienone is 1. The van der Waals surface area contributed by atoms with E-state index in [0.717, 1.165) is 30.5 Å². The van der Waals surface area contributed by atoms with Crippen molar-refractivity contribution in [1.29, 1.82) is 0 Å². The van der Waals surface area contributed by atoms with E-state index in [2.05, 4.69) is 10.6 Å². The van der Waals surface area contributed by atoms with Gasteiger partial charge in [-0.1, -0.05) is 6.07 Å². The number of rotatable bonds is 2. The Bertz CT molecular complexity index is 472. The van der Waals surface area contributed by atoms with Gasteiger partial charge in [-0.05, 0) is 48.4 Å². The highest BCUT2D eigenvalue weighted by molar-refractivity contribution is 5.36. The highest BCUT2D eigenvalue weighted by Crippen LogP contribution is 2.37. The first kappa shape index (κ1) is 10.6. The summed E-state index contributed by atoms with van der Waals surface area (Å²) in [4.78, 5) is 0. The maximum Gasteiger partial charge on any atom is 0.202 e. The fourth-order valence-corrected chi connectivity index (χ4v) is 2.71. The van der Waals surface area contributed by atoms with Gasteiger partial charge in [-0.3, -0.25) is 0 Å². The number of aliphatic hydroxyl groups excluding tert-OH is 1. The zero-order valence-corrected chi connectivity index (χ0v) is 9.41. The van der Waals surface area contributed by atoms with E-state index in [4.69, 9.17) is 0 Å². The van der Waals surface area contributed by atoms with Gasteiger partial charge >= 0.3 is 0 Å². The second-order valence-electron chi connectivity index (χ2n) is 4.67. The average Bonchev–Trinajstić information content (AvgIpc) is 2.86. The molecule has 0 radical (unpaired) electrons. The second kappa shape index (κ2) is 4.04. The second-order valence-corrected chi connectivity index (χ2v) is 4.67. The Hall–Kier alpha value is -1.55. The van der Waals surface area contributed by atoms with E-state index in [1.54, 1.807) is 6.07 Å². The van der Waals surface area contributed by atoms with E-state index in [1.807, 2.05) is 12.3 Å². The van der Waals surface area contributed by atoms with Crippen LogP contribution in [0.15, 0.2) is 30.1 Å². The molecule has 0 bridgehead atoms. The van der Waals surface area contributed by atoms with Crippen molar-refractivity contribution in [3.63, 3.8) is 0 Å². The van der Waals surface area contributed by atoms with Gasteiger partial charge in [-0.25, -0.2) is 4.39 Å². The molecule has 3 rings (SSSR count). The van der Waals surface area contributed by atoms with Gasteiger partial charge in [0.25, 0.3) is 0 Å². The first-order valence-corrected chi connectivity index (χ1v) is 5.90. The zero-order chi connectivity index (χ0) is 11.8. The first-order chi connectivity index (χ1) is 8.22. The molecule has 2 atom stereocenters. The minimum atomic E-state index is -0.668. The fraction of sp³-hybridized carbons (Fsp3) is 0.385. The first-order valence-electron chi connectivity index (χ1n) is 5.90. The SMILES string of the molecule is OC1NC=C(C[C@@H]2CCc3cc(F)ccc32)N1. The van der Waals surface area contributed by atoms with Crippen molar-refractivity contribution in [2.75, 3.05) is 0 Å². The van der Waals surface area contributed by atoms with Crippen molar-refractivity contribution in [2.45, 2.75) is 31.5 Å². The van der Waals surface area contributed by atoms with Crippen LogP contribution in [0, 0.1) is 5.82 Å². The highest BCUT2D eigenvalue weighted by Gasteiger charge is 2.25. The van der Waals surface area contributed by atoms with Gasteiger partial charge in [0.2, 0.25) is 6.35 Å². The molecule has 0 spiro atoms. The van der Waals surface area contributed by atoms with Crippen LogP contribution < -0.4 is 10.6 Å². The predicted molar refractivity (Wildman–Crippen MR) is 62.4 cm³/mol. The van der Waals surface area contributed by atoms with E-state index in [-0.39, 0.29) is 5.82 Å². The quantitative estimate of drug-likeness (QED) is 0.727. The molecule has 0 amide bonds. The molecule has 17 heavy (non-hydrogen) atoms. The van der Waals surface area contributed by atoms with Gasteiger partial charge < -0.3 is 15.7 Å². The van der Waals surface area contributed by atoms with Crippen LogP contribution in [-0.4, -0.2) is 11.5 Å². The third-order valence-electron chi connectivity index (χ3n) is 3.51. The molecule has 1 aliphatic carbocycles. The Morgan fingerprint density at radius 3 is 3.06 bits per heavy atom. The number of aliphatic hydroxyl groups is 1. The number of aryl methyl sites for hydroxylation is 1. The van der Waals surface area contributed by atoms with Crippen LogP contribution in [0.3, 0.4) is 0 Å². The minimum Gasteiger partial charge on any atom is -0.357 e. The Labute approximate surface area is 99.3 Å². The molecule has 0 saturated heterocycles. The van der Waals surface area contributed by atoms with Crippen LogP contribution in [0.2, 0.25) is 0 Å². The Morgan fingerprint density at radius 1 is 1.41 bits per heavy atom. The van der Waals surface area contributed by atoms with Gasteiger partial charge in [-0.15, -0.1) is 0 Å². The standard InChI is InChI=1S/C13H15FN2O/c14-10-3-4-12-8(5-10)1-2-9(12)6-11-7-15-13(17)16-11/h3-5,7,9,13,15-17H,1-2,6H2/t9-,13?/m0/s1. The Morgan fingerprint density at radius 2 is 2.29 bits per heavy atom. The lowest BCUT2D eigenvalue weighted by atomic mass is 9.96. The molecule has 4 heteroatoms. The summed E-state index contributed by atoms with van der Waals surface area (Å²) in [5.41, 5.74) is 3.39. The van der Waals surface area contributed by atoms with Crippen molar-refractivity contribution in [3.8, 4) is 0 Å². The van der Waals surface area contributed by atoms with Gasteiger partial charge in [0.05, 0.1) is 0 Å². The summed E-state index contributed by atoms with van der Waals surface area (Å²) in [7, 11) is 0. The zero-order valence-electron chi connectivity index (χ0n) is 9.41. The number of nitrogens with one attached hydrogen (secondary N) is 2. The van der Waals surface area contributed by atoms with Crippen molar-refractivity contribution >= 4 is 0 Å². The van der Waals surface area contributed by atoms with E-state index < -0.39 is 6.35 Å². The summed E-state index contributed by atoms with van der Waals surface area (Å²) in [6.45, 7) is 0. The summed E-state index contributed by atoms with van der Waals surface area (Å²) < 4.78 is 13.1. The lowest BCUT2D eigenvalue weighted by Crippen LogP contribution is -2.31. The molecule has 1 aromatic rings. The number of halogens is 1. The van der Waals surface area contributed by atoms with E-state index in [1.165, 1.54) is 11.6 Å². The molecule has 1 aromatic carbocycles. The summed E-state index contributed by atoms with van der Waals surface area (Å²) in [5, 5.41) is 15.0. The minimum absolute atomic E-state index is 0.153. The van der Waals surface area contributed by atoms with Crippen LogP contribution in [0.5, 0.6) is 0 Å².